The number of amides is 3. The van der Waals surface area contributed by atoms with E-state index in [9.17, 15) is 24.3 Å². The van der Waals surface area contributed by atoms with Crippen LogP contribution in [0.2, 0.25) is 5.02 Å². The number of ketones is 1. The van der Waals surface area contributed by atoms with E-state index in [1.807, 2.05) is 40.8 Å². The van der Waals surface area contributed by atoms with Crippen LogP contribution in [-0.2, 0) is 30.4 Å². The van der Waals surface area contributed by atoms with Gasteiger partial charge in [0.25, 0.3) is 0 Å². The summed E-state index contributed by atoms with van der Waals surface area (Å²) in [4.78, 5) is 65.8. The Balaban J connectivity index is 1.25. The molecule has 3 amide bonds. The normalized spacial score (nSPS) is 25.0. The van der Waals surface area contributed by atoms with Crippen LogP contribution in [0.4, 0.5) is 5.69 Å². The molecule has 1 aromatic carbocycles. The van der Waals surface area contributed by atoms with Gasteiger partial charge in [-0.15, -0.1) is 0 Å². The number of aryl methyl sites for hydroxylation is 1. The fourth-order valence-electron chi connectivity index (χ4n) is 8.62. The van der Waals surface area contributed by atoms with Crippen molar-refractivity contribution in [2.45, 2.75) is 154 Å². The number of hydrogen-bond donors (Lipinski definition) is 4. The molecule has 0 radical (unpaired) electrons. The van der Waals surface area contributed by atoms with Crippen LogP contribution in [0.3, 0.4) is 0 Å². The molecule has 6 rings (SSSR count). The number of likely N-dealkylation sites (tertiary alicyclic amines) is 1. The lowest BCUT2D eigenvalue weighted by Gasteiger charge is -2.36. The summed E-state index contributed by atoms with van der Waals surface area (Å²) < 4.78 is 0. The van der Waals surface area contributed by atoms with Crippen LogP contribution in [0.1, 0.15) is 122 Å². The van der Waals surface area contributed by atoms with Gasteiger partial charge in [-0.3, -0.25) is 24.5 Å². The summed E-state index contributed by atoms with van der Waals surface area (Å²) in [5.74, 6) is -1.25. The molecule has 3 fully saturated rings. The Morgan fingerprint density at radius 2 is 1.81 bits per heavy atom. The van der Waals surface area contributed by atoms with Crippen molar-refractivity contribution in [3.8, 4) is 0 Å². The highest BCUT2D eigenvalue weighted by atomic mass is 35.5. The van der Waals surface area contributed by atoms with Crippen molar-refractivity contribution >= 4 is 46.5 Å². The molecule has 0 bridgehead atoms. The third-order valence-electron chi connectivity index (χ3n) is 11.7. The largest absolute Gasteiger partial charge is 0.387 e. The summed E-state index contributed by atoms with van der Waals surface area (Å²) >= 11 is 6.81. The Morgan fingerprint density at radius 3 is 2.49 bits per heavy atom. The molecule has 3 aliphatic heterocycles. The third-order valence-corrected chi connectivity index (χ3v) is 12.0. The number of carbonyl (C=O) groups is 4. The number of hydrogen-bond acceptors (Lipinski definition) is 9. The minimum absolute atomic E-state index is 0.0711. The molecular weight excluding hydrogens is 696 g/mol. The lowest BCUT2D eigenvalue weighted by Crippen LogP contribution is -2.59. The molecule has 2 aliphatic carbocycles. The standard InChI is InChI=1S/C40H59ClN6O6/c1-6-11-29(34(49)37(51)42-27-15-16-27)43-36(50)31-22-40(21-30(45-53-40)26-19-25-14-10-17-46(5)33(25)28(41)20-26)23-47(31)38(52)35(39(2,3)4)44-32(48)18-24-12-8-7-9-13-24/h19-20,24,27,29,31,35,37,42,51H,6-18,21-23H2,1-5H3,(H,43,50)(H,44,48)/t29-,31-,35+,37?,40+/m0/s1. The number of rotatable bonds is 13. The molecule has 4 N–H and O–H groups in total. The summed E-state index contributed by atoms with van der Waals surface area (Å²) in [5, 5.41) is 24.7. The van der Waals surface area contributed by atoms with E-state index >= 15 is 0 Å². The molecule has 1 unspecified atom stereocenters. The fraction of sp³-hybridized carbons (Fsp3) is 0.725. The maximum Gasteiger partial charge on any atom is 0.246 e. The lowest BCUT2D eigenvalue weighted by atomic mass is 9.84. The maximum atomic E-state index is 14.7. The Labute approximate surface area is 319 Å². The average molecular weight is 755 g/mol. The summed E-state index contributed by atoms with van der Waals surface area (Å²) in [7, 11) is 2.04. The van der Waals surface area contributed by atoms with Crippen molar-refractivity contribution in [2.24, 2.45) is 16.5 Å². The predicted octanol–water partition coefficient (Wildman–Crippen LogP) is 4.61. The van der Waals surface area contributed by atoms with E-state index in [4.69, 9.17) is 16.4 Å². The monoisotopic (exact) mass is 754 g/mol. The Morgan fingerprint density at radius 1 is 1.08 bits per heavy atom. The zero-order valence-corrected chi connectivity index (χ0v) is 32.9. The smallest absolute Gasteiger partial charge is 0.246 e. The number of nitrogens with one attached hydrogen (secondary N) is 3. The first-order valence-electron chi connectivity index (χ1n) is 19.8. The summed E-state index contributed by atoms with van der Waals surface area (Å²) in [5.41, 5.74) is 2.04. The molecule has 1 saturated heterocycles. The highest BCUT2D eigenvalue weighted by Gasteiger charge is 2.56. The van der Waals surface area contributed by atoms with Crippen molar-refractivity contribution < 1.29 is 29.1 Å². The van der Waals surface area contributed by atoms with Gasteiger partial charge in [-0.25, -0.2) is 0 Å². The van der Waals surface area contributed by atoms with E-state index < -0.39 is 47.1 Å². The van der Waals surface area contributed by atoms with E-state index in [2.05, 4.69) is 32.1 Å². The van der Waals surface area contributed by atoms with E-state index in [1.165, 1.54) is 11.3 Å². The molecule has 5 atom stereocenters. The number of oxime groups is 1. The zero-order chi connectivity index (χ0) is 38.1. The van der Waals surface area contributed by atoms with Gasteiger partial charge >= 0.3 is 0 Å². The molecule has 53 heavy (non-hydrogen) atoms. The first kappa shape index (κ1) is 39.5. The zero-order valence-electron chi connectivity index (χ0n) is 32.1. The van der Waals surface area contributed by atoms with Gasteiger partial charge in [0.05, 0.1) is 29.0 Å². The van der Waals surface area contributed by atoms with Crippen LogP contribution in [0, 0.1) is 11.3 Å². The van der Waals surface area contributed by atoms with E-state index in [0.717, 1.165) is 74.7 Å². The number of nitrogens with zero attached hydrogens (tertiary/aromatic N) is 3. The van der Waals surface area contributed by atoms with Crippen LogP contribution >= 0.6 is 11.6 Å². The van der Waals surface area contributed by atoms with Gasteiger partial charge in [-0.1, -0.05) is 70.1 Å². The number of aliphatic hydroxyl groups is 1. The third kappa shape index (κ3) is 9.19. The number of halogens is 1. The maximum absolute atomic E-state index is 14.7. The van der Waals surface area contributed by atoms with Crippen LogP contribution in [-0.4, -0.2) is 95.4 Å². The highest BCUT2D eigenvalue weighted by Crippen LogP contribution is 2.42. The summed E-state index contributed by atoms with van der Waals surface area (Å²) in [6.07, 6.45) is 9.52. The average Bonchev–Trinajstić information content (AvgIpc) is 3.70. The number of carbonyl (C=O) groups excluding carboxylic acids is 4. The second-order valence-corrected chi connectivity index (χ2v) is 17.7. The van der Waals surface area contributed by atoms with Crippen molar-refractivity contribution in [1.29, 1.82) is 0 Å². The SMILES string of the molecule is CCC[C@H](NC(=O)[C@@H]1C[C@]2(CC(c3cc(Cl)c4c(c3)CCCN4C)=NO2)CN1C(=O)[C@@H](NC(=O)CC1CCCCC1)C(C)(C)C)C(=O)C(O)NC1CC1. The van der Waals surface area contributed by atoms with Crippen molar-refractivity contribution in [2.75, 3.05) is 25.0 Å². The second-order valence-electron chi connectivity index (χ2n) is 17.3. The summed E-state index contributed by atoms with van der Waals surface area (Å²) in [6, 6.07) is 1.27. The molecular formula is C40H59ClN6O6. The molecule has 5 aliphatic rings. The number of anilines is 1. The fourth-order valence-corrected chi connectivity index (χ4v) is 9.00. The second kappa shape index (κ2) is 16.3. The quantitative estimate of drug-likeness (QED) is 0.213. The van der Waals surface area contributed by atoms with Gasteiger partial charge < -0.3 is 30.4 Å². The van der Waals surface area contributed by atoms with Crippen LogP contribution in [0.15, 0.2) is 17.3 Å². The highest BCUT2D eigenvalue weighted by molar-refractivity contribution is 6.34. The minimum atomic E-state index is -1.39. The predicted molar refractivity (Wildman–Crippen MR) is 205 cm³/mol. The molecule has 1 spiro atoms. The molecule has 0 aromatic heterocycles. The summed E-state index contributed by atoms with van der Waals surface area (Å²) in [6.45, 7) is 8.64. The topological polar surface area (TPSA) is 153 Å². The molecule has 12 nitrogen and oxygen atoms in total. The van der Waals surface area contributed by atoms with Gasteiger partial charge in [-0.05, 0) is 74.0 Å². The van der Waals surface area contributed by atoms with Crippen LogP contribution < -0.4 is 20.9 Å². The van der Waals surface area contributed by atoms with E-state index in [0.29, 0.717) is 42.3 Å². The number of benzene rings is 1. The van der Waals surface area contributed by atoms with E-state index in [-0.39, 0.29) is 30.8 Å². The number of aliphatic hydroxyl groups excluding tert-OH is 1. The molecule has 292 valence electrons. The lowest BCUT2D eigenvalue weighted by molar-refractivity contribution is -0.145. The van der Waals surface area contributed by atoms with Gasteiger partial charge in [0.15, 0.2) is 17.6 Å². The Hall–Kier alpha value is -3.22. The first-order chi connectivity index (χ1) is 25.2. The first-order valence-corrected chi connectivity index (χ1v) is 20.2. The van der Waals surface area contributed by atoms with Crippen molar-refractivity contribution in [1.82, 2.24) is 20.9 Å². The van der Waals surface area contributed by atoms with E-state index in [1.54, 1.807) is 0 Å². The molecule has 2 saturated carbocycles. The number of Topliss-reactive ketones (excluding diaryl/α,β-unsaturated/α-hetero) is 1. The molecule has 3 heterocycles. The molecule has 1 aromatic rings. The van der Waals surface area contributed by atoms with Crippen LogP contribution in [0.25, 0.3) is 0 Å². The number of fused-ring (bicyclic) bond motifs is 1. The molecule has 13 heteroatoms. The van der Waals surface area contributed by atoms with Crippen molar-refractivity contribution in [3.05, 3.63) is 28.3 Å². The minimum Gasteiger partial charge on any atom is -0.387 e. The Bertz CT molecular complexity index is 1590. The van der Waals surface area contributed by atoms with Crippen molar-refractivity contribution in [3.63, 3.8) is 0 Å². The van der Waals surface area contributed by atoms with Gasteiger partial charge in [-0.2, -0.15) is 0 Å². The van der Waals surface area contributed by atoms with Gasteiger partial charge in [0.2, 0.25) is 17.7 Å². The van der Waals surface area contributed by atoms with Gasteiger partial charge in [0.1, 0.15) is 12.1 Å². The van der Waals surface area contributed by atoms with Crippen LogP contribution in [0.5, 0.6) is 0 Å². The Kier molecular flexibility index (Phi) is 12.1. The van der Waals surface area contributed by atoms with Gasteiger partial charge in [0, 0.05) is 44.5 Å².